The quantitative estimate of drug-likeness (QED) is 0.729. The van der Waals surface area contributed by atoms with Crippen LogP contribution < -0.4 is 15.7 Å². The highest BCUT2D eigenvalue weighted by molar-refractivity contribution is 5.93. The second-order valence-corrected chi connectivity index (χ2v) is 5.81. The molecule has 0 aromatic heterocycles. The van der Waals surface area contributed by atoms with E-state index in [0.717, 1.165) is 17.5 Å². The number of benzene rings is 2. The molecule has 0 heterocycles. The van der Waals surface area contributed by atoms with Gasteiger partial charge >= 0.3 is 0 Å². The summed E-state index contributed by atoms with van der Waals surface area (Å²) in [6, 6.07) is 16.3. The number of nitrogens with two attached hydrogens (primary N) is 1. The standard InChI is InChI=1S/C19H22N2O3/c1-14-6-5-9-16(12-14)21-18(22)13-17(19(23)24)20-11-10-15-7-3-2-4-8-15/h2-9,12,17,20H,10-11,13H2,1H3,(H,21,22)(H,23,24). The predicted octanol–water partition coefficient (Wildman–Crippen LogP) is 0.248. The molecule has 2 aromatic carbocycles. The molecule has 0 bridgehead atoms. The van der Waals surface area contributed by atoms with Gasteiger partial charge in [-0.05, 0) is 30.2 Å². The zero-order chi connectivity index (χ0) is 17.4. The Labute approximate surface area is 141 Å². The number of carbonyl (C=O) groups is 2. The number of aryl methyl sites for hydroxylation is 1. The lowest BCUT2D eigenvalue weighted by Gasteiger charge is -2.16. The van der Waals surface area contributed by atoms with Crippen molar-refractivity contribution in [2.24, 2.45) is 0 Å². The van der Waals surface area contributed by atoms with Gasteiger partial charge in [0.2, 0.25) is 5.91 Å². The number of rotatable bonds is 8. The maximum absolute atomic E-state index is 12.0. The van der Waals surface area contributed by atoms with Crippen LogP contribution in [0.4, 0.5) is 5.69 Å². The Balaban J connectivity index is 1.84. The van der Waals surface area contributed by atoms with Crippen molar-refractivity contribution in [1.29, 1.82) is 0 Å². The molecule has 0 saturated carbocycles. The molecule has 0 radical (unpaired) electrons. The van der Waals surface area contributed by atoms with E-state index in [2.05, 4.69) is 5.32 Å². The van der Waals surface area contributed by atoms with Gasteiger partial charge in [-0.2, -0.15) is 0 Å². The van der Waals surface area contributed by atoms with Gasteiger partial charge in [-0.3, -0.25) is 4.79 Å². The third kappa shape index (κ3) is 5.85. The molecule has 0 aliphatic rings. The Bertz CT molecular complexity index is 686. The molecule has 24 heavy (non-hydrogen) atoms. The van der Waals surface area contributed by atoms with Gasteiger partial charge in [-0.1, -0.05) is 42.5 Å². The zero-order valence-corrected chi connectivity index (χ0v) is 13.7. The molecular formula is C19H22N2O3. The van der Waals surface area contributed by atoms with Gasteiger partial charge in [0.25, 0.3) is 0 Å². The predicted molar refractivity (Wildman–Crippen MR) is 90.2 cm³/mol. The van der Waals surface area contributed by atoms with Gasteiger partial charge in [-0.15, -0.1) is 0 Å². The molecule has 126 valence electrons. The van der Waals surface area contributed by atoms with E-state index in [4.69, 9.17) is 0 Å². The number of hydrogen-bond acceptors (Lipinski definition) is 3. The molecule has 3 N–H and O–H groups in total. The molecule has 1 amide bonds. The van der Waals surface area contributed by atoms with Crippen molar-refractivity contribution >= 4 is 17.6 Å². The van der Waals surface area contributed by atoms with Crippen molar-refractivity contribution in [2.45, 2.75) is 25.8 Å². The normalized spacial score (nSPS) is 11.7. The van der Waals surface area contributed by atoms with Crippen LogP contribution >= 0.6 is 0 Å². The Kier molecular flexibility index (Phi) is 6.51. The summed E-state index contributed by atoms with van der Waals surface area (Å²) in [5.74, 6) is -1.55. The summed E-state index contributed by atoms with van der Waals surface area (Å²) in [6.45, 7) is 2.51. The molecule has 5 nitrogen and oxygen atoms in total. The highest BCUT2D eigenvalue weighted by atomic mass is 16.4. The minimum atomic E-state index is -1.22. The van der Waals surface area contributed by atoms with E-state index in [9.17, 15) is 14.7 Å². The largest absolute Gasteiger partial charge is 0.544 e. The van der Waals surface area contributed by atoms with Crippen molar-refractivity contribution in [3.05, 3.63) is 65.7 Å². The highest BCUT2D eigenvalue weighted by Crippen LogP contribution is 2.09. The number of nitrogens with one attached hydrogen (secondary N) is 1. The van der Waals surface area contributed by atoms with Crippen LogP contribution in [-0.2, 0) is 16.0 Å². The molecule has 0 aliphatic heterocycles. The third-order valence-electron chi connectivity index (χ3n) is 3.74. The number of anilines is 1. The van der Waals surface area contributed by atoms with E-state index in [0.29, 0.717) is 12.2 Å². The summed E-state index contributed by atoms with van der Waals surface area (Å²) in [5, 5.41) is 15.6. The van der Waals surface area contributed by atoms with Gasteiger partial charge in [0.15, 0.2) is 0 Å². The van der Waals surface area contributed by atoms with Gasteiger partial charge in [-0.25, -0.2) is 0 Å². The fourth-order valence-corrected chi connectivity index (χ4v) is 2.49. The van der Waals surface area contributed by atoms with Gasteiger partial charge in [0, 0.05) is 12.1 Å². The van der Waals surface area contributed by atoms with Gasteiger partial charge in [0.1, 0.15) is 6.04 Å². The Morgan fingerprint density at radius 1 is 1.12 bits per heavy atom. The summed E-state index contributed by atoms with van der Waals surface area (Å²) in [5.41, 5.74) is 2.83. The van der Waals surface area contributed by atoms with Crippen LogP contribution in [-0.4, -0.2) is 24.5 Å². The smallest absolute Gasteiger partial charge is 0.230 e. The number of carbonyl (C=O) groups excluding carboxylic acids is 2. The fraction of sp³-hybridized carbons (Fsp3) is 0.263. The summed E-state index contributed by atoms with van der Waals surface area (Å²) >= 11 is 0. The number of carboxylic acid groups (broad SMARTS) is 1. The lowest BCUT2D eigenvalue weighted by atomic mass is 10.1. The molecule has 5 heteroatoms. The molecule has 1 unspecified atom stereocenters. The first-order valence-electron chi connectivity index (χ1n) is 7.99. The minimum absolute atomic E-state index is 0.120. The summed E-state index contributed by atoms with van der Waals surface area (Å²) in [7, 11) is 0. The molecule has 0 spiro atoms. The van der Waals surface area contributed by atoms with Crippen LogP contribution in [0.25, 0.3) is 0 Å². The van der Waals surface area contributed by atoms with E-state index in [1.54, 1.807) is 11.4 Å². The molecule has 0 aliphatic carbocycles. The molecule has 2 aromatic rings. The van der Waals surface area contributed by atoms with Crippen molar-refractivity contribution in [1.82, 2.24) is 0 Å². The first kappa shape index (κ1) is 17.7. The molecule has 0 saturated heterocycles. The SMILES string of the molecule is Cc1cccc(NC(=O)CC([NH2+]CCc2ccccc2)C(=O)[O-])c1. The lowest BCUT2D eigenvalue weighted by molar-refractivity contribution is -0.682. The second kappa shape index (κ2) is 8.84. The molecule has 0 fully saturated rings. The molecule has 1 atom stereocenters. The van der Waals surface area contributed by atoms with Crippen LogP contribution in [0.15, 0.2) is 54.6 Å². The van der Waals surface area contributed by atoms with Crippen LogP contribution in [0, 0.1) is 6.92 Å². The summed E-state index contributed by atoms with van der Waals surface area (Å²) < 4.78 is 0. The summed E-state index contributed by atoms with van der Waals surface area (Å²) in [4.78, 5) is 23.3. The Morgan fingerprint density at radius 2 is 1.88 bits per heavy atom. The molecule has 2 rings (SSSR count). The lowest BCUT2D eigenvalue weighted by Crippen LogP contribution is -2.93. The van der Waals surface area contributed by atoms with E-state index in [1.807, 2.05) is 55.5 Å². The van der Waals surface area contributed by atoms with Crippen LogP contribution in [0.2, 0.25) is 0 Å². The fourth-order valence-electron chi connectivity index (χ4n) is 2.49. The Hall–Kier alpha value is -2.66. The number of hydrogen-bond donors (Lipinski definition) is 2. The maximum Gasteiger partial charge on any atom is 0.230 e. The second-order valence-electron chi connectivity index (χ2n) is 5.81. The van der Waals surface area contributed by atoms with Gasteiger partial charge < -0.3 is 20.5 Å². The average molecular weight is 326 g/mol. The van der Waals surface area contributed by atoms with Crippen LogP contribution in [0.3, 0.4) is 0 Å². The van der Waals surface area contributed by atoms with Crippen molar-refractivity contribution in [2.75, 3.05) is 11.9 Å². The van der Waals surface area contributed by atoms with E-state index in [-0.39, 0.29) is 12.3 Å². The maximum atomic E-state index is 12.0. The summed E-state index contributed by atoms with van der Waals surface area (Å²) in [6.07, 6.45) is 0.620. The number of carboxylic acids is 1. The monoisotopic (exact) mass is 326 g/mol. The van der Waals surface area contributed by atoms with E-state index >= 15 is 0 Å². The minimum Gasteiger partial charge on any atom is -0.544 e. The van der Waals surface area contributed by atoms with Crippen LogP contribution in [0.5, 0.6) is 0 Å². The first-order valence-corrected chi connectivity index (χ1v) is 7.99. The number of aliphatic carboxylic acids is 1. The van der Waals surface area contributed by atoms with E-state index < -0.39 is 12.0 Å². The first-order chi connectivity index (χ1) is 11.5. The molecular weight excluding hydrogens is 304 g/mol. The van der Waals surface area contributed by atoms with Crippen molar-refractivity contribution in [3.8, 4) is 0 Å². The topological polar surface area (TPSA) is 85.8 Å². The number of quaternary nitrogens is 1. The van der Waals surface area contributed by atoms with Crippen LogP contribution in [0.1, 0.15) is 17.5 Å². The zero-order valence-electron chi connectivity index (χ0n) is 13.7. The van der Waals surface area contributed by atoms with E-state index in [1.165, 1.54) is 0 Å². The number of amides is 1. The Morgan fingerprint density at radius 3 is 2.54 bits per heavy atom. The average Bonchev–Trinajstić information content (AvgIpc) is 2.54. The highest BCUT2D eigenvalue weighted by Gasteiger charge is 2.18. The van der Waals surface area contributed by atoms with Gasteiger partial charge in [0.05, 0.1) is 18.9 Å². The van der Waals surface area contributed by atoms with Crippen molar-refractivity contribution in [3.63, 3.8) is 0 Å². The van der Waals surface area contributed by atoms with Crippen molar-refractivity contribution < 1.29 is 20.0 Å². The third-order valence-corrected chi connectivity index (χ3v) is 3.74.